The Morgan fingerprint density at radius 3 is 2.61 bits per heavy atom. The van der Waals surface area contributed by atoms with E-state index in [1.807, 2.05) is 24.3 Å². The molecular weight excluding hydrogens is 293 g/mol. The van der Waals surface area contributed by atoms with E-state index in [9.17, 15) is 0 Å². The third-order valence-electron chi connectivity index (χ3n) is 2.55. The molecule has 0 spiro atoms. The number of aromatic nitrogens is 3. The molecule has 0 unspecified atom stereocenters. The summed E-state index contributed by atoms with van der Waals surface area (Å²) in [5.74, 6) is 0.465. The number of fused-ring (bicyclic) bond motifs is 1. The van der Waals surface area contributed by atoms with Gasteiger partial charge in [0.25, 0.3) is 0 Å². The van der Waals surface area contributed by atoms with Crippen LogP contribution in [0, 0.1) is 0 Å². The Morgan fingerprint density at radius 2 is 1.78 bits per heavy atom. The molecule has 0 N–H and O–H groups in total. The Balaban J connectivity index is 2.29. The minimum absolute atomic E-state index is 0.204. The molecule has 3 rings (SSSR count). The topological polar surface area (TPSA) is 30.7 Å². The number of para-hydroxylation sites is 1. The summed E-state index contributed by atoms with van der Waals surface area (Å²) in [5.41, 5.74) is 0.908. The molecule has 3 nitrogen and oxygen atoms in total. The molecule has 0 fully saturated rings. The number of hydrogen-bond donors (Lipinski definition) is 0. The highest BCUT2D eigenvalue weighted by Gasteiger charge is 2.12. The van der Waals surface area contributed by atoms with Crippen LogP contribution in [-0.4, -0.2) is 14.8 Å². The number of nitrogens with zero attached hydrogens (tertiary/aromatic N) is 3. The van der Waals surface area contributed by atoms with Crippen LogP contribution in [0.1, 0.15) is 0 Å². The normalized spacial score (nSPS) is 11.1. The first-order chi connectivity index (χ1) is 8.66. The van der Waals surface area contributed by atoms with Gasteiger partial charge in [-0.05, 0) is 12.1 Å². The minimum atomic E-state index is 0.204. The lowest BCUT2D eigenvalue weighted by Gasteiger charge is -2.06. The van der Waals surface area contributed by atoms with Crippen LogP contribution in [-0.2, 0) is 0 Å². The predicted octanol–water partition coefficient (Wildman–Crippen LogP) is 4.38. The van der Waals surface area contributed by atoms with Crippen LogP contribution < -0.4 is 0 Å². The largest absolute Gasteiger partial charge is 0.214 e. The minimum Gasteiger partial charge on any atom is -0.214 e. The van der Waals surface area contributed by atoms with Crippen molar-refractivity contribution >= 4 is 45.7 Å². The predicted molar refractivity (Wildman–Crippen MR) is 73.9 cm³/mol. The van der Waals surface area contributed by atoms with Gasteiger partial charge in [0, 0.05) is 5.39 Å². The van der Waals surface area contributed by atoms with Gasteiger partial charge in [-0.3, -0.25) is 0 Å². The molecular formula is C12H6Cl3N3. The molecule has 0 saturated carbocycles. The molecule has 0 bridgehead atoms. The Kier molecular flexibility index (Phi) is 2.90. The van der Waals surface area contributed by atoms with Gasteiger partial charge in [0.2, 0.25) is 0 Å². The maximum Gasteiger partial charge on any atom is 0.174 e. The number of rotatable bonds is 1. The standard InChI is InChI=1S/C12H6Cl3N3/c13-8-5-9(14)12(17-11(8)15)18-10-4-2-1-3-7(10)6-16-18/h1-6H. The number of benzene rings is 1. The van der Waals surface area contributed by atoms with Crippen LogP contribution in [0.5, 0.6) is 0 Å². The van der Waals surface area contributed by atoms with E-state index in [4.69, 9.17) is 34.8 Å². The molecule has 2 heterocycles. The summed E-state index contributed by atoms with van der Waals surface area (Å²) in [6.07, 6.45) is 1.75. The number of hydrogen-bond acceptors (Lipinski definition) is 2. The van der Waals surface area contributed by atoms with Gasteiger partial charge in [-0.2, -0.15) is 5.10 Å². The molecule has 2 aromatic heterocycles. The second kappa shape index (κ2) is 4.43. The maximum absolute atomic E-state index is 6.13. The van der Waals surface area contributed by atoms with E-state index in [1.54, 1.807) is 16.9 Å². The first-order valence-corrected chi connectivity index (χ1v) is 6.25. The first-order valence-electron chi connectivity index (χ1n) is 5.11. The zero-order valence-corrected chi connectivity index (χ0v) is 11.2. The summed E-state index contributed by atoms with van der Waals surface area (Å²) >= 11 is 17.9. The van der Waals surface area contributed by atoms with Crippen LogP contribution >= 0.6 is 34.8 Å². The van der Waals surface area contributed by atoms with Gasteiger partial charge in [0.05, 0.1) is 21.8 Å². The van der Waals surface area contributed by atoms with Gasteiger partial charge >= 0.3 is 0 Å². The van der Waals surface area contributed by atoms with E-state index in [2.05, 4.69) is 10.1 Å². The van der Waals surface area contributed by atoms with Crippen molar-refractivity contribution in [2.75, 3.05) is 0 Å². The second-order valence-electron chi connectivity index (χ2n) is 3.68. The third kappa shape index (κ3) is 1.85. The summed E-state index contributed by atoms with van der Waals surface area (Å²) in [7, 11) is 0. The average Bonchev–Trinajstić information content (AvgIpc) is 2.78. The van der Waals surface area contributed by atoms with Gasteiger partial charge in [-0.1, -0.05) is 53.0 Å². The summed E-state index contributed by atoms with van der Waals surface area (Å²) in [6.45, 7) is 0. The van der Waals surface area contributed by atoms with Crippen molar-refractivity contribution in [1.29, 1.82) is 0 Å². The van der Waals surface area contributed by atoms with Crippen LogP contribution in [0.15, 0.2) is 36.5 Å². The number of halogens is 3. The highest BCUT2D eigenvalue weighted by molar-refractivity contribution is 6.42. The fourth-order valence-electron chi connectivity index (χ4n) is 1.72. The Labute approximate surface area is 118 Å². The van der Waals surface area contributed by atoms with E-state index in [-0.39, 0.29) is 5.15 Å². The zero-order valence-electron chi connectivity index (χ0n) is 8.94. The molecule has 0 radical (unpaired) electrons. The van der Waals surface area contributed by atoms with E-state index in [0.29, 0.717) is 15.9 Å². The van der Waals surface area contributed by atoms with Crippen molar-refractivity contribution in [1.82, 2.24) is 14.8 Å². The monoisotopic (exact) mass is 297 g/mol. The van der Waals surface area contributed by atoms with E-state index >= 15 is 0 Å². The molecule has 0 atom stereocenters. The summed E-state index contributed by atoms with van der Waals surface area (Å²) in [4.78, 5) is 4.17. The highest BCUT2D eigenvalue weighted by atomic mass is 35.5. The SMILES string of the molecule is Clc1cc(Cl)c(-n2ncc3ccccc32)nc1Cl. The van der Waals surface area contributed by atoms with Crippen molar-refractivity contribution in [2.45, 2.75) is 0 Å². The van der Waals surface area contributed by atoms with E-state index in [0.717, 1.165) is 10.9 Å². The maximum atomic E-state index is 6.13. The van der Waals surface area contributed by atoms with Crippen molar-refractivity contribution in [2.24, 2.45) is 0 Å². The van der Waals surface area contributed by atoms with Gasteiger partial charge in [0.1, 0.15) is 5.15 Å². The van der Waals surface area contributed by atoms with E-state index in [1.165, 1.54) is 0 Å². The molecule has 0 aliphatic carbocycles. The Morgan fingerprint density at radius 1 is 1.00 bits per heavy atom. The van der Waals surface area contributed by atoms with Crippen LogP contribution in [0.4, 0.5) is 0 Å². The van der Waals surface area contributed by atoms with Crippen molar-refractivity contribution in [3.63, 3.8) is 0 Å². The molecule has 6 heteroatoms. The molecule has 1 aromatic carbocycles. The molecule has 18 heavy (non-hydrogen) atoms. The van der Waals surface area contributed by atoms with Crippen molar-refractivity contribution in [3.05, 3.63) is 51.7 Å². The molecule has 0 amide bonds. The van der Waals surface area contributed by atoms with Crippen molar-refractivity contribution < 1.29 is 0 Å². The smallest absolute Gasteiger partial charge is 0.174 e. The lowest BCUT2D eigenvalue weighted by atomic mass is 10.2. The number of pyridine rings is 1. The van der Waals surface area contributed by atoms with Gasteiger partial charge in [-0.15, -0.1) is 0 Å². The average molecular weight is 299 g/mol. The summed E-state index contributed by atoms with van der Waals surface area (Å²) < 4.78 is 1.64. The van der Waals surface area contributed by atoms with E-state index < -0.39 is 0 Å². The van der Waals surface area contributed by atoms with Crippen LogP contribution in [0.2, 0.25) is 15.2 Å². The quantitative estimate of drug-likeness (QED) is 0.624. The van der Waals surface area contributed by atoms with Crippen LogP contribution in [0.25, 0.3) is 16.7 Å². The summed E-state index contributed by atoms with van der Waals surface area (Å²) in [6, 6.07) is 9.32. The highest BCUT2D eigenvalue weighted by Crippen LogP contribution is 2.29. The fraction of sp³-hybridized carbons (Fsp3) is 0. The fourth-order valence-corrected chi connectivity index (χ4v) is 2.30. The molecule has 0 saturated heterocycles. The lowest BCUT2D eigenvalue weighted by molar-refractivity contribution is 0.875. The molecule has 0 aliphatic rings. The third-order valence-corrected chi connectivity index (χ3v) is 3.50. The molecule has 0 aliphatic heterocycles. The zero-order chi connectivity index (χ0) is 12.7. The van der Waals surface area contributed by atoms with Gasteiger partial charge in [0.15, 0.2) is 5.82 Å². The molecule has 3 aromatic rings. The molecule has 90 valence electrons. The van der Waals surface area contributed by atoms with Gasteiger partial charge in [-0.25, -0.2) is 9.67 Å². The Hall–Kier alpha value is -1.29. The summed E-state index contributed by atoms with van der Waals surface area (Å²) in [5, 5.41) is 6.19. The first kappa shape index (κ1) is 11.8. The lowest BCUT2D eigenvalue weighted by Crippen LogP contribution is -2.00. The van der Waals surface area contributed by atoms with Gasteiger partial charge < -0.3 is 0 Å². The van der Waals surface area contributed by atoms with Crippen molar-refractivity contribution in [3.8, 4) is 5.82 Å². The Bertz CT molecular complexity index is 737. The second-order valence-corrected chi connectivity index (χ2v) is 4.85. The van der Waals surface area contributed by atoms with Crippen LogP contribution in [0.3, 0.4) is 0 Å².